The molecule has 0 saturated carbocycles. The van der Waals surface area contributed by atoms with Crippen molar-refractivity contribution >= 4 is 29.5 Å². The van der Waals surface area contributed by atoms with Crippen LogP contribution in [0.4, 0.5) is 0 Å². The molecule has 1 unspecified atom stereocenters. The molecule has 53 heavy (non-hydrogen) atoms. The second kappa shape index (κ2) is 31.5. The number of amides is 2. The van der Waals surface area contributed by atoms with Gasteiger partial charge >= 0.3 is 11.9 Å². The van der Waals surface area contributed by atoms with Crippen LogP contribution in [0.15, 0.2) is 0 Å². The third-order valence-electron chi connectivity index (χ3n) is 8.70. The standard InChI is InChI=1S/C35H67N7O11/c1-4-39-11-13-41(28-34(46)47)17-15-40(16-18-42(14-12-39)29-35(48)49)27-33(45)38-10-20-51-22-24-53-26-25-52-23-21-50-19-8-32(44)37-9-6-5-7-31(36-3)30(2)43/h31,36H,4-29H2,1-3H3,(H,37,44)(H,38,45)(H,46,47)(H,48,49). The minimum atomic E-state index is -0.900. The Hall–Kier alpha value is -2.81. The Morgan fingerprint density at radius 2 is 1.02 bits per heavy atom. The third kappa shape index (κ3) is 27.4. The summed E-state index contributed by atoms with van der Waals surface area (Å²) < 4.78 is 22.0. The number of carboxylic acids is 2. The lowest BCUT2D eigenvalue weighted by molar-refractivity contribution is -0.139. The molecule has 1 rings (SSSR count). The van der Waals surface area contributed by atoms with E-state index in [9.17, 15) is 34.2 Å². The van der Waals surface area contributed by atoms with E-state index in [1.54, 1.807) is 14.0 Å². The topological polar surface area (TPSA) is 212 Å². The fraction of sp³-hybridized carbons (Fsp3) is 0.857. The number of hydrogen-bond acceptors (Lipinski definition) is 14. The highest BCUT2D eigenvalue weighted by atomic mass is 16.6. The van der Waals surface area contributed by atoms with Crippen LogP contribution in [0, 0.1) is 0 Å². The van der Waals surface area contributed by atoms with Crippen molar-refractivity contribution in [2.75, 3.05) is 152 Å². The van der Waals surface area contributed by atoms with Crippen LogP contribution in [0.3, 0.4) is 0 Å². The summed E-state index contributed by atoms with van der Waals surface area (Å²) in [6, 6.07) is -0.126. The first-order valence-corrected chi connectivity index (χ1v) is 18.9. The molecule has 0 aliphatic carbocycles. The molecule has 0 aromatic heterocycles. The predicted octanol–water partition coefficient (Wildman–Crippen LogP) is -1.57. The molecular weight excluding hydrogens is 694 g/mol. The third-order valence-corrected chi connectivity index (χ3v) is 8.70. The maximum absolute atomic E-state index is 12.7. The van der Waals surface area contributed by atoms with E-state index in [-0.39, 0.29) is 49.7 Å². The molecule has 308 valence electrons. The van der Waals surface area contributed by atoms with Gasteiger partial charge in [-0.2, -0.15) is 0 Å². The van der Waals surface area contributed by atoms with Crippen molar-refractivity contribution in [3.05, 3.63) is 0 Å². The summed E-state index contributed by atoms with van der Waals surface area (Å²) in [5, 5.41) is 27.5. The van der Waals surface area contributed by atoms with Crippen molar-refractivity contribution in [3.8, 4) is 0 Å². The molecule has 1 heterocycles. The molecule has 18 nitrogen and oxygen atoms in total. The fourth-order valence-electron chi connectivity index (χ4n) is 5.54. The number of carbonyl (C=O) groups is 5. The predicted molar refractivity (Wildman–Crippen MR) is 198 cm³/mol. The number of likely N-dealkylation sites (N-methyl/N-ethyl adjacent to an activating group) is 2. The lowest BCUT2D eigenvalue weighted by Gasteiger charge is -2.33. The molecule has 0 aromatic rings. The molecule has 1 fully saturated rings. The van der Waals surface area contributed by atoms with Gasteiger partial charge in [0.2, 0.25) is 11.8 Å². The molecule has 0 spiro atoms. The number of rotatable bonds is 29. The van der Waals surface area contributed by atoms with Gasteiger partial charge in [-0.25, -0.2) is 0 Å². The summed E-state index contributed by atoms with van der Waals surface area (Å²) in [6.45, 7) is 12.5. The Balaban J connectivity index is 2.14. The summed E-state index contributed by atoms with van der Waals surface area (Å²) >= 11 is 0. The first kappa shape index (κ1) is 48.2. The van der Waals surface area contributed by atoms with Crippen LogP contribution in [-0.2, 0) is 42.9 Å². The van der Waals surface area contributed by atoms with Gasteiger partial charge in [0.15, 0.2) is 0 Å². The number of carboxylic acid groups (broad SMARTS) is 2. The highest BCUT2D eigenvalue weighted by Crippen LogP contribution is 2.03. The van der Waals surface area contributed by atoms with Crippen LogP contribution in [0.25, 0.3) is 0 Å². The van der Waals surface area contributed by atoms with Gasteiger partial charge in [-0.05, 0) is 39.8 Å². The number of nitrogens with one attached hydrogen (secondary N) is 3. The lowest BCUT2D eigenvalue weighted by atomic mass is 10.1. The van der Waals surface area contributed by atoms with Crippen LogP contribution >= 0.6 is 0 Å². The smallest absolute Gasteiger partial charge is 0.317 e. The van der Waals surface area contributed by atoms with Crippen LogP contribution in [0.1, 0.15) is 39.5 Å². The van der Waals surface area contributed by atoms with E-state index >= 15 is 0 Å². The van der Waals surface area contributed by atoms with Crippen LogP contribution in [0.5, 0.6) is 0 Å². The molecule has 0 aromatic carbocycles. The van der Waals surface area contributed by atoms with Crippen molar-refractivity contribution in [1.29, 1.82) is 0 Å². The number of ketones is 1. The molecule has 2 amide bonds. The lowest BCUT2D eigenvalue weighted by Crippen LogP contribution is -2.49. The van der Waals surface area contributed by atoms with Gasteiger partial charge in [0.1, 0.15) is 5.78 Å². The number of aliphatic carboxylic acids is 2. The Morgan fingerprint density at radius 3 is 1.47 bits per heavy atom. The molecule has 18 heteroatoms. The van der Waals surface area contributed by atoms with E-state index in [0.717, 1.165) is 25.8 Å². The second-order valence-electron chi connectivity index (χ2n) is 12.9. The van der Waals surface area contributed by atoms with Crippen molar-refractivity contribution < 1.29 is 53.1 Å². The molecular formula is C35H67N7O11. The first-order chi connectivity index (χ1) is 25.5. The summed E-state index contributed by atoms with van der Waals surface area (Å²) in [5.41, 5.74) is 0. The summed E-state index contributed by atoms with van der Waals surface area (Å²) in [7, 11) is 1.77. The quantitative estimate of drug-likeness (QED) is 0.0546. The van der Waals surface area contributed by atoms with E-state index in [4.69, 9.17) is 18.9 Å². The SMILES string of the molecule is CCN1CCN(CC(=O)O)CCN(CC(=O)NCCOCCOCCOCCOCCC(=O)NCCCCC(NC)C(C)=O)CCN(CC(=O)O)CC1. The zero-order valence-electron chi connectivity index (χ0n) is 32.3. The number of carbonyl (C=O) groups excluding carboxylic acids is 3. The Labute approximate surface area is 315 Å². The van der Waals surface area contributed by atoms with Crippen LogP contribution < -0.4 is 16.0 Å². The molecule has 5 N–H and O–H groups in total. The molecule has 1 saturated heterocycles. The Morgan fingerprint density at radius 1 is 0.585 bits per heavy atom. The average Bonchev–Trinajstić information content (AvgIpc) is 3.10. The highest BCUT2D eigenvalue weighted by molar-refractivity contribution is 5.81. The Bertz CT molecular complexity index is 995. The van der Waals surface area contributed by atoms with E-state index in [1.165, 1.54) is 0 Å². The molecule has 0 radical (unpaired) electrons. The maximum atomic E-state index is 12.7. The summed E-state index contributed by atoms with van der Waals surface area (Å²) in [5.74, 6) is -1.93. The van der Waals surface area contributed by atoms with Crippen LogP contribution in [0.2, 0.25) is 0 Å². The number of nitrogens with zero attached hydrogens (tertiary/aromatic N) is 4. The zero-order chi connectivity index (χ0) is 39.1. The van der Waals surface area contributed by atoms with E-state index in [1.807, 2.05) is 21.6 Å². The minimum absolute atomic E-state index is 0.0657. The number of hydrogen-bond donors (Lipinski definition) is 5. The monoisotopic (exact) mass is 761 g/mol. The van der Waals surface area contributed by atoms with Crippen molar-refractivity contribution in [1.82, 2.24) is 35.6 Å². The molecule has 1 aliphatic heterocycles. The van der Waals surface area contributed by atoms with Gasteiger partial charge < -0.3 is 50.0 Å². The van der Waals surface area contributed by atoms with Gasteiger partial charge in [0.05, 0.1) is 78.5 Å². The van der Waals surface area contributed by atoms with E-state index in [2.05, 4.69) is 20.9 Å². The summed E-state index contributed by atoms with van der Waals surface area (Å²) in [4.78, 5) is 66.8. The molecule has 1 aliphatic rings. The van der Waals surface area contributed by atoms with Gasteiger partial charge in [0, 0.05) is 71.9 Å². The Kier molecular flexibility index (Phi) is 28.7. The van der Waals surface area contributed by atoms with Gasteiger partial charge in [-0.15, -0.1) is 0 Å². The van der Waals surface area contributed by atoms with E-state index < -0.39 is 11.9 Å². The van der Waals surface area contributed by atoms with Gasteiger partial charge in [-0.3, -0.25) is 38.7 Å². The number of Topliss-reactive ketones (excluding diaryl/α,β-unsaturated/α-hetero) is 1. The van der Waals surface area contributed by atoms with Crippen LogP contribution in [-0.4, -0.2) is 217 Å². The zero-order valence-corrected chi connectivity index (χ0v) is 32.3. The largest absolute Gasteiger partial charge is 0.480 e. The maximum Gasteiger partial charge on any atom is 0.317 e. The number of ether oxygens (including phenoxy) is 4. The fourth-order valence-corrected chi connectivity index (χ4v) is 5.54. The van der Waals surface area contributed by atoms with Gasteiger partial charge in [0.25, 0.3) is 0 Å². The van der Waals surface area contributed by atoms with Crippen molar-refractivity contribution in [2.45, 2.75) is 45.6 Å². The first-order valence-electron chi connectivity index (χ1n) is 18.9. The van der Waals surface area contributed by atoms with Gasteiger partial charge in [-0.1, -0.05) is 6.92 Å². The minimum Gasteiger partial charge on any atom is -0.480 e. The summed E-state index contributed by atoms with van der Waals surface area (Å²) in [6.07, 6.45) is 2.71. The number of unbranched alkanes of at least 4 members (excludes halogenated alkanes) is 1. The average molecular weight is 762 g/mol. The van der Waals surface area contributed by atoms with Crippen molar-refractivity contribution in [2.24, 2.45) is 0 Å². The molecule has 0 bridgehead atoms. The second-order valence-corrected chi connectivity index (χ2v) is 12.9. The van der Waals surface area contributed by atoms with Crippen molar-refractivity contribution in [3.63, 3.8) is 0 Å². The van der Waals surface area contributed by atoms with E-state index in [0.29, 0.717) is 118 Å². The normalized spacial score (nSPS) is 16.4. The molecule has 1 atom stereocenters. The highest BCUT2D eigenvalue weighted by Gasteiger charge is 2.20.